The predicted octanol–water partition coefficient (Wildman–Crippen LogP) is 8.15. The number of nitrogens with one attached hydrogen (secondary N) is 1. The SMILES string of the molecule is CCN(CCNC(=O)[C@]12CCC[C@@H]1[C@H]1CC[C@@H]3[C@@]4(C)CC=C(c5ccc(C(=O)O)cc5)C(C)(C)[C@@H]4CC[C@@]3(C)[C@]1(C)CC2)CCC(=O)O. The summed E-state index contributed by atoms with van der Waals surface area (Å²) < 4.78 is 0. The van der Waals surface area contributed by atoms with Crippen molar-refractivity contribution in [2.75, 3.05) is 26.2 Å². The third kappa shape index (κ3) is 5.36. The molecular formula is C41H60N2O5. The number of amides is 1. The lowest BCUT2D eigenvalue weighted by atomic mass is 9.32. The zero-order valence-corrected chi connectivity index (χ0v) is 30.4. The molecule has 1 amide bonds. The van der Waals surface area contributed by atoms with Gasteiger partial charge in [-0.15, -0.1) is 0 Å². The first kappa shape index (κ1) is 35.2. The number of fused-ring (bicyclic) bond motifs is 7. The number of rotatable bonds is 10. The first-order valence-corrected chi connectivity index (χ1v) is 18.9. The molecule has 1 aromatic rings. The van der Waals surface area contributed by atoms with Gasteiger partial charge in [0.1, 0.15) is 0 Å². The highest BCUT2D eigenvalue weighted by Gasteiger charge is 2.70. The Hall–Kier alpha value is -2.67. The van der Waals surface area contributed by atoms with Crippen molar-refractivity contribution >= 4 is 23.4 Å². The second kappa shape index (κ2) is 12.6. The van der Waals surface area contributed by atoms with Gasteiger partial charge in [-0.2, -0.15) is 0 Å². The number of likely N-dealkylation sites (N-methyl/N-ethyl adjacent to an activating group) is 1. The van der Waals surface area contributed by atoms with Crippen LogP contribution in [-0.2, 0) is 9.59 Å². The molecule has 0 unspecified atom stereocenters. The molecule has 0 spiro atoms. The van der Waals surface area contributed by atoms with E-state index in [1.807, 2.05) is 19.1 Å². The zero-order chi connectivity index (χ0) is 34.7. The number of benzene rings is 1. The van der Waals surface area contributed by atoms with Crippen LogP contribution in [0.5, 0.6) is 0 Å². The second-order valence-corrected chi connectivity index (χ2v) is 17.6. The summed E-state index contributed by atoms with van der Waals surface area (Å²) in [4.78, 5) is 38.8. The van der Waals surface area contributed by atoms with Gasteiger partial charge in [0.05, 0.1) is 17.4 Å². The van der Waals surface area contributed by atoms with Gasteiger partial charge in [-0.25, -0.2) is 4.79 Å². The van der Waals surface area contributed by atoms with Crippen molar-refractivity contribution in [2.24, 2.45) is 50.7 Å². The average molecular weight is 661 g/mol. The van der Waals surface area contributed by atoms with Crippen molar-refractivity contribution in [3.63, 3.8) is 0 Å². The van der Waals surface area contributed by atoms with Crippen LogP contribution in [0.3, 0.4) is 0 Å². The van der Waals surface area contributed by atoms with Crippen LogP contribution in [0.25, 0.3) is 5.57 Å². The third-order valence-electron chi connectivity index (χ3n) is 15.6. The lowest BCUT2D eigenvalue weighted by Crippen LogP contribution is -2.66. The van der Waals surface area contributed by atoms with Gasteiger partial charge in [0, 0.05) is 19.6 Å². The summed E-state index contributed by atoms with van der Waals surface area (Å²) in [5.41, 5.74) is 3.22. The van der Waals surface area contributed by atoms with Crippen molar-refractivity contribution in [1.29, 1.82) is 0 Å². The highest BCUT2D eigenvalue weighted by Crippen LogP contribution is 2.77. The standard InChI is InChI=1S/C41H60N2O5/c1-7-43(25-18-34(44)45)26-24-42-36(48)41-19-8-9-31(41)30-14-15-33-38(4)20-16-29(27-10-12-28(13-11-27)35(46)47)37(2,3)32(38)17-21-40(33,6)39(30,5)22-23-41/h10-13,16,30-33H,7-9,14-15,17-26H2,1-6H3,(H,42,48)(H,44,45)(H,46,47)/t30-,31-,32+,33-,38+,39-,40-,41+/m1/s1. The van der Waals surface area contributed by atoms with E-state index in [1.165, 1.54) is 31.3 Å². The van der Waals surface area contributed by atoms with E-state index in [9.17, 15) is 19.5 Å². The van der Waals surface area contributed by atoms with Gasteiger partial charge in [-0.3, -0.25) is 9.59 Å². The molecule has 7 heteroatoms. The average Bonchev–Trinajstić information content (AvgIpc) is 3.48. The summed E-state index contributed by atoms with van der Waals surface area (Å²) in [5.74, 6) is 0.793. The van der Waals surface area contributed by atoms with Gasteiger partial charge in [-0.1, -0.05) is 66.2 Å². The van der Waals surface area contributed by atoms with Crippen molar-refractivity contribution in [3.05, 3.63) is 41.5 Å². The number of carboxylic acids is 2. The normalized spacial score (nSPS) is 38.2. The van der Waals surface area contributed by atoms with Crippen molar-refractivity contribution in [2.45, 2.75) is 112 Å². The van der Waals surface area contributed by atoms with Crippen molar-refractivity contribution < 1.29 is 24.6 Å². The molecule has 0 aromatic heterocycles. The minimum atomic E-state index is -0.881. The molecule has 4 fully saturated rings. The Balaban J connectivity index is 1.21. The predicted molar refractivity (Wildman–Crippen MR) is 189 cm³/mol. The molecule has 0 heterocycles. The largest absolute Gasteiger partial charge is 0.481 e. The smallest absolute Gasteiger partial charge is 0.335 e. The molecule has 7 nitrogen and oxygen atoms in total. The van der Waals surface area contributed by atoms with Crippen LogP contribution in [0, 0.1) is 50.7 Å². The third-order valence-corrected chi connectivity index (χ3v) is 15.6. The molecule has 8 atom stereocenters. The molecule has 0 bridgehead atoms. The van der Waals surface area contributed by atoms with Crippen LogP contribution in [0.1, 0.15) is 128 Å². The van der Waals surface area contributed by atoms with Crippen LogP contribution in [0.2, 0.25) is 0 Å². The molecule has 5 aliphatic rings. The summed E-state index contributed by atoms with van der Waals surface area (Å²) in [6.07, 6.45) is 14.0. The fourth-order valence-corrected chi connectivity index (χ4v) is 13.0. The summed E-state index contributed by atoms with van der Waals surface area (Å²) in [7, 11) is 0. The molecule has 0 aliphatic heterocycles. The number of aromatic carboxylic acids is 1. The van der Waals surface area contributed by atoms with Crippen molar-refractivity contribution in [3.8, 4) is 0 Å². The Morgan fingerprint density at radius 1 is 0.833 bits per heavy atom. The molecule has 264 valence electrons. The minimum absolute atomic E-state index is 0.0108. The maximum Gasteiger partial charge on any atom is 0.335 e. The Bertz CT molecular complexity index is 1450. The maximum atomic E-state index is 14.1. The Morgan fingerprint density at radius 2 is 1.56 bits per heavy atom. The molecule has 4 saturated carbocycles. The van der Waals surface area contributed by atoms with E-state index in [-0.39, 0.29) is 39.4 Å². The number of hydrogen-bond donors (Lipinski definition) is 3. The van der Waals surface area contributed by atoms with Gasteiger partial charge in [0.15, 0.2) is 0 Å². The van der Waals surface area contributed by atoms with Gasteiger partial charge in [-0.05, 0) is 133 Å². The van der Waals surface area contributed by atoms with Gasteiger partial charge in [0.2, 0.25) is 5.91 Å². The van der Waals surface area contributed by atoms with Gasteiger partial charge >= 0.3 is 11.9 Å². The fourth-order valence-electron chi connectivity index (χ4n) is 13.0. The van der Waals surface area contributed by atoms with Crippen LogP contribution in [0.15, 0.2) is 30.3 Å². The maximum absolute atomic E-state index is 14.1. The molecule has 0 radical (unpaired) electrons. The Morgan fingerprint density at radius 3 is 2.23 bits per heavy atom. The molecule has 5 aliphatic carbocycles. The van der Waals surface area contributed by atoms with E-state index >= 15 is 0 Å². The number of carboxylic acid groups (broad SMARTS) is 2. The minimum Gasteiger partial charge on any atom is -0.481 e. The van der Waals surface area contributed by atoms with Gasteiger partial charge < -0.3 is 20.4 Å². The summed E-state index contributed by atoms with van der Waals surface area (Å²) in [6, 6.07) is 7.50. The highest BCUT2D eigenvalue weighted by molar-refractivity contribution is 5.88. The van der Waals surface area contributed by atoms with Crippen LogP contribution in [0.4, 0.5) is 0 Å². The summed E-state index contributed by atoms with van der Waals surface area (Å²) in [5, 5.41) is 21.9. The van der Waals surface area contributed by atoms with E-state index in [4.69, 9.17) is 5.11 Å². The second-order valence-electron chi connectivity index (χ2n) is 17.6. The first-order valence-electron chi connectivity index (χ1n) is 18.9. The highest BCUT2D eigenvalue weighted by atomic mass is 16.4. The van der Waals surface area contributed by atoms with Gasteiger partial charge in [0.25, 0.3) is 0 Å². The summed E-state index contributed by atoms with van der Waals surface area (Å²) >= 11 is 0. The number of nitrogens with zero attached hydrogens (tertiary/aromatic N) is 1. The van der Waals surface area contributed by atoms with E-state index in [0.717, 1.165) is 50.6 Å². The molecule has 48 heavy (non-hydrogen) atoms. The quantitative estimate of drug-likeness (QED) is 0.234. The Kier molecular flexibility index (Phi) is 9.22. The topological polar surface area (TPSA) is 107 Å². The first-order chi connectivity index (χ1) is 22.6. The van der Waals surface area contributed by atoms with E-state index in [0.29, 0.717) is 48.9 Å². The molecule has 1 aromatic carbocycles. The number of hydrogen-bond acceptors (Lipinski definition) is 4. The van der Waals surface area contributed by atoms with E-state index < -0.39 is 11.9 Å². The van der Waals surface area contributed by atoms with Crippen LogP contribution in [-0.4, -0.2) is 59.1 Å². The summed E-state index contributed by atoms with van der Waals surface area (Å²) in [6.45, 7) is 17.3. The zero-order valence-electron chi connectivity index (χ0n) is 30.4. The molecule has 6 rings (SSSR count). The van der Waals surface area contributed by atoms with E-state index in [2.05, 4.69) is 50.9 Å². The monoisotopic (exact) mass is 660 g/mol. The number of carbonyl (C=O) groups excluding carboxylic acids is 1. The van der Waals surface area contributed by atoms with Crippen molar-refractivity contribution in [1.82, 2.24) is 10.2 Å². The Labute approximate surface area is 288 Å². The number of carbonyl (C=O) groups is 3. The van der Waals surface area contributed by atoms with E-state index in [1.54, 1.807) is 12.1 Å². The molecule has 3 N–H and O–H groups in total. The number of allylic oxidation sites excluding steroid dienone is 2. The fraction of sp³-hybridized carbons (Fsp3) is 0.732. The molecule has 0 saturated heterocycles. The van der Waals surface area contributed by atoms with Crippen LogP contribution < -0.4 is 5.32 Å². The molecular weight excluding hydrogens is 600 g/mol. The number of aliphatic carboxylic acids is 1. The lowest BCUT2D eigenvalue weighted by molar-refractivity contribution is -0.222. The van der Waals surface area contributed by atoms with Crippen LogP contribution >= 0.6 is 0 Å². The lowest BCUT2D eigenvalue weighted by Gasteiger charge is -2.72.